The molecule has 0 bridgehead atoms. The number of nitrogens with zero attached hydrogens (tertiary/aromatic N) is 4. The fraction of sp³-hybridized carbons (Fsp3) is 0.824. The minimum Gasteiger partial charge on any atom is -0.347 e. The van der Waals surface area contributed by atoms with Gasteiger partial charge in [0.05, 0.1) is 0 Å². The average molecular weight is 365 g/mol. The van der Waals surface area contributed by atoms with Gasteiger partial charge in [-0.05, 0) is 37.6 Å². The van der Waals surface area contributed by atoms with Gasteiger partial charge in [0, 0.05) is 32.2 Å². The minimum atomic E-state index is -0.152. The summed E-state index contributed by atoms with van der Waals surface area (Å²) in [5.41, 5.74) is 0.541. The summed E-state index contributed by atoms with van der Waals surface area (Å²) in [7, 11) is 0. The van der Waals surface area contributed by atoms with Crippen LogP contribution in [-0.4, -0.2) is 59.9 Å². The van der Waals surface area contributed by atoms with E-state index in [1.165, 1.54) is 56.7 Å². The largest absolute Gasteiger partial charge is 0.347 e. The van der Waals surface area contributed by atoms with Gasteiger partial charge in [-0.1, -0.05) is 31.1 Å². The Bertz CT molecular complexity index is 598. The average Bonchev–Trinajstić information content (AvgIpc) is 3.24. The van der Waals surface area contributed by atoms with Crippen molar-refractivity contribution in [1.29, 1.82) is 0 Å². The van der Waals surface area contributed by atoms with Crippen molar-refractivity contribution < 1.29 is 4.79 Å². The number of amides is 2. The monoisotopic (exact) mass is 364 g/mol. The third kappa shape index (κ3) is 3.74. The summed E-state index contributed by atoms with van der Waals surface area (Å²) in [5.74, 6) is 0. The van der Waals surface area contributed by atoms with Crippen LogP contribution in [0.15, 0.2) is 0 Å². The Morgan fingerprint density at radius 1 is 1.24 bits per heavy atom. The molecular weight excluding hydrogens is 336 g/mol. The maximum absolute atomic E-state index is 12.0. The van der Waals surface area contributed by atoms with Crippen LogP contribution in [0.25, 0.3) is 0 Å². The molecule has 3 aliphatic rings. The van der Waals surface area contributed by atoms with Crippen molar-refractivity contribution >= 4 is 27.6 Å². The number of likely N-dealkylation sites (tertiary alicyclic amines) is 1. The van der Waals surface area contributed by atoms with Gasteiger partial charge in [0.25, 0.3) is 0 Å². The van der Waals surface area contributed by atoms with Crippen LogP contribution in [0, 0.1) is 5.41 Å². The molecule has 1 aromatic heterocycles. The number of anilines is 2. The normalized spacial score (nSPS) is 23.6. The lowest BCUT2D eigenvalue weighted by atomic mass is 9.72. The topological polar surface area (TPSA) is 73.4 Å². The number of hydrogen-bond acceptors (Lipinski definition) is 6. The summed E-state index contributed by atoms with van der Waals surface area (Å²) >= 11 is 1.48. The highest BCUT2D eigenvalue weighted by Crippen LogP contribution is 2.41. The lowest BCUT2D eigenvalue weighted by molar-refractivity contribution is -0.0143. The summed E-state index contributed by atoms with van der Waals surface area (Å²) in [6.07, 6.45) is 7.04. The second kappa shape index (κ2) is 7.07. The molecule has 1 aliphatic carbocycles. The van der Waals surface area contributed by atoms with Crippen molar-refractivity contribution in [1.82, 2.24) is 20.4 Å². The molecule has 0 unspecified atom stereocenters. The summed E-state index contributed by atoms with van der Waals surface area (Å²) < 4.78 is 0. The first kappa shape index (κ1) is 17.0. The number of aromatic nitrogens is 2. The summed E-state index contributed by atoms with van der Waals surface area (Å²) in [6, 6.07) is 0.164. The number of hydrogen-bond donors (Lipinski definition) is 2. The fourth-order valence-corrected chi connectivity index (χ4v) is 5.19. The van der Waals surface area contributed by atoms with Gasteiger partial charge in [0.2, 0.25) is 10.3 Å². The van der Waals surface area contributed by atoms with Crippen LogP contribution in [-0.2, 0) is 0 Å². The van der Waals surface area contributed by atoms with E-state index < -0.39 is 0 Å². The van der Waals surface area contributed by atoms with E-state index >= 15 is 0 Å². The molecule has 0 aromatic carbocycles. The van der Waals surface area contributed by atoms with Crippen LogP contribution in [0.2, 0.25) is 0 Å². The number of rotatable bonds is 4. The van der Waals surface area contributed by atoms with Gasteiger partial charge in [0.1, 0.15) is 0 Å². The zero-order valence-corrected chi connectivity index (χ0v) is 15.8. The quantitative estimate of drug-likeness (QED) is 0.859. The fourth-order valence-electron chi connectivity index (χ4n) is 4.40. The SMILES string of the molecule is CCN1CC2(CCN(c3nnc(NC(=O)NC4CCCC4)s3)CC2)C1. The maximum Gasteiger partial charge on any atom is 0.321 e. The van der Waals surface area contributed by atoms with Crippen molar-refractivity contribution in [2.45, 2.75) is 51.5 Å². The summed E-state index contributed by atoms with van der Waals surface area (Å²) in [5, 5.41) is 15.8. The third-order valence-corrected chi connectivity index (χ3v) is 6.88. The van der Waals surface area contributed by atoms with E-state index in [4.69, 9.17) is 0 Å². The molecule has 0 atom stereocenters. The Morgan fingerprint density at radius 2 is 1.96 bits per heavy atom. The smallest absolute Gasteiger partial charge is 0.321 e. The van der Waals surface area contributed by atoms with Gasteiger partial charge in [0.15, 0.2) is 0 Å². The molecule has 2 N–H and O–H groups in total. The van der Waals surface area contributed by atoms with Crippen LogP contribution in [0.4, 0.5) is 15.1 Å². The number of carbonyl (C=O) groups excluding carboxylic acids is 1. The summed E-state index contributed by atoms with van der Waals surface area (Å²) in [6.45, 7) is 7.99. The number of carbonyl (C=O) groups is 1. The van der Waals surface area contributed by atoms with Gasteiger partial charge in [-0.25, -0.2) is 4.79 Å². The molecule has 138 valence electrons. The highest BCUT2D eigenvalue weighted by atomic mass is 32.1. The molecule has 1 saturated carbocycles. The van der Waals surface area contributed by atoms with Gasteiger partial charge >= 0.3 is 6.03 Å². The third-order valence-electron chi connectivity index (χ3n) is 5.99. The Hall–Kier alpha value is -1.41. The Morgan fingerprint density at radius 3 is 2.64 bits per heavy atom. The molecule has 25 heavy (non-hydrogen) atoms. The molecule has 2 saturated heterocycles. The number of piperidine rings is 1. The minimum absolute atomic E-state index is 0.152. The zero-order valence-electron chi connectivity index (χ0n) is 15.0. The highest BCUT2D eigenvalue weighted by molar-refractivity contribution is 7.19. The van der Waals surface area contributed by atoms with E-state index in [1.54, 1.807) is 0 Å². The predicted octanol–water partition coefficient (Wildman–Crippen LogP) is 2.52. The summed E-state index contributed by atoms with van der Waals surface area (Å²) in [4.78, 5) is 16.9. The van der Waals surface area contributed by atoms with Crippen molar-refractivity contribution in [2.75, 3.05) is 42.9 Å². The first-order chi connectivity index (χ1) is 12.2. The van der Waals surface area contributed by atoms with Crippen molar-refractivity contribution in [3.8, 4) is 0 Å². The first-order valence-corrected chi connectivity index (χ1v) is 10.4. The van der Waals surface area contributed by atoms with Crippen molar-refractivity contribution in [3.63, 3.8) is 0 Å². The Balaban J connectivity index is 1.26. The van der Waals surface area contributed by atoms with Gasteiger partial charge in [-0.3, -0.25) is 5.32 Å². The van der Waals surface area contributed by atoms with E-state index in [0.29, 0.717) is 16.6 Å². The molecule has 1 spiro atoms. The van der Waals surface area contributed by atoms with E-state index in [1.807, 2.05) is 0 Å². The van der Waals surface area contributed by atoms with Crippen LogP contribution < -0.4 is 15.5 Å². The zero-order chi connectivity index (χ0) is 17.3. The van der Waals surface area contributed by atoms with Gasteiger partial charge in [-0.15, -0.1) is 10.2 Å². The molecule has 0 radical (unpaired) electrons. The van der Waals surface area contributed by atoms with Crippen molar-refractivity contribution in [3.05, 3.63) is 0 Å². The van der Waals surface area contributed by atoms with Gasteiger partial charge in [-0.2, -0.15) is 0 Å². The Labute approximate surface area is 153 Å². The second-order valence-electron chi connectivity index (χ2n) is 7.76. The van der Waals surface area contributed by atoms with Gasteiger partial charge < -0.3 is 15.1 Å². The van der Waals surface area contributed by atoms with Crippen LogP contribution >= 0.6 is 11.3 Å². The van der Waals surface area contributed by atoms with E-state index in [2.05, 4.69) is 37.6 Å². The molecule has 1 aromatic rings. The molecule has 7 nitrogen and oxygen atoms in total. The Kier molecular flexibility index (Phi) is 4.82. The van der Waals surface area contributed by atoms with E-state index in [-0.39, 0.29) is 6.03 Å². The lowest BCUT2D eigenvalue weighted by Gasteiger charge is -2.53. The standard InChI is InChI=1S/C17H28N6OS/c1-2-22-11-17(12-22)7-9-23(10-8-17)16-21-20-15(25-16)19-14(24)18-13-5-3-4-6-13/h13H,2-12H2,1H3,(H2,18,19,20,24). The molecule has 4 rings (SSSR count). The number of urea groups is 1. The second-order valence-corrected chi connectivity index (χ2v) is 8.72. The van der Waals surface area contributed by atoms with E-state index in [0.717, 1.165) is 31.1 Å². The molecule has 3 fully saturated rings. The number of nitrogens with one attached hydrogen (secondary N) is 2. The molecule has 3 heterocycles. The van der Waals surface area contributed by atoms with Crippen molar-refractivity contribution in [2.24, 2.45) is 5.41 Å². The molecule has 2 amide bonds. The van der Waals surface area contributed by atoms with Crippen LogP contribution in [0.1, 0.15) is 45.4 Å². The first-order valence-electron chi connectivity index (χ1n) is 9.54. The lowest BCUT2D eigenvalue weighted by Crippen LogP contribution is -2.60. The molecular formula is C17H28N6OS. The van der Waals surface area contributed by atoms with Crippen LogP contribution in [0.5, 0.6) is 0 Å². The highest BCUT2D eigenvalue weighted by Gasteiger charge is 2.44. The molecule has 8 heteroatoms. The molecule has 2 aliphatic heterocycles. The van der Waals surface area contributed by atoms with E-state index in [9.17, 15) is 4.79 Å². The maximum atomic E-state index is 12.0. The predicted molar refractivity (Wildman–Crippen MR) is 100 cm³/mol. The van der Waals surface area contributed by atoms with Crippen LogP contribution in [0.3, 0.4) is 0 Å².